The predicted octanol–water partition coefficient (Wildman–Crippen LogP) is 3.79. The van der Waals surface area contributed by atoms with Gasteiger partial charge in [-0.2, -0.15) is 0 Å². The van der Waals surface area contributed by atoms with Crippen LogP contribution < -0.4 is 10.1 Å². The van der Waals surface area contributed by atoms with E-state index >= 15 is 0 Å². The Morgan fingerprint density at radius 1 is 1.24 bits per heavy atom. The second-order valence-corrected chi connectivity index (χ2v) is 4.53. The Balaban J connectivity index is 2.07. The molecule has 0 spiro atoms. The molecule has 0 heterocycles. The summed E-state index contributed by atoms with van der Waals surface area (Å²) in [5.41, 5.74) is 1.76. The van der Waals surface area contributed by atoms with Crippen molar-refractivity contribution in [2.24, 2.45) is 0 Å². The first-order valence-corrected chi connectivity index (χ1v) is 6.48. The van der Waals surface area contributed by atoms with Crippen LogP contribution in [0.15, 0.2) is 48.5 Å². The molecule has 2 aromatic rings. The molecule has 0 aliphatic heterocycles. The van der Waals surface area contributed by atoms with Crippen LogP contribution in [-0.4, -0.2) is 13.0 Å². The maximum atomic E-state index is 13.4. The number of halogens is 1. The number of ether oxygens (including phenoxy) is 1. The number of carbonyl (C=O) groups excluding carboxylic acids is 1. The van der Waals surface area contributed by atoms with Crippen molar-refractivity contribution in [3.05, 3.63) is 65.5 Å². The molecule has 0 bridgehead atoms. The van der Waals surface area contributed by atoms with Crippen LogP contribution in [0, 0.1) is 12.7 Å². The van der Waals surface area contributed by atoms with Crippen molar-refractivity contribution in [3.8, 4) is 5.75 Å². The van der Waals surface area contributed by atoms with Crippen molar-refractivity contribution in [1.29, 1.82) is 0 Å². The first kappa shape index (κ1) is 14.8. The van der Waals surface area contributed by atoms with E-state index in [0.717, 1.165) is 5.56 Å². The fourth-order valence-electron chi connectivity index (χ4n) is 1.82. The highest BCUT2D eigenvalue weighted by molar-refractivity contribution is 6.02. The molecule has 0 aliphatic carbocycles. The molecule has 2 aromatic carbocycles. The zero-order valence-corrected chi connectivity index (χ0v) is 11.9. The van der Waals surface area contributed by atoms with Gasteiger partial charge in [0.25, 0.3) is 0 Å². The molecular weight excluding hydrogens is 269 g/mol. The number of methoxy groups -OCH3 is 1. The van der Waals surface area contributed by atoms with Crippen LogP contribution >= 0.6 is 0 Å². The lowest BCUT2D eigenvalue weighted by Crippen LogP contribution is -2.08. The van der Waals surface area contributed by atoms with Gasteiger partial charge in [-0.25, -0.2) is 4.39 Å². The van der Waals surface area contributed by atoms with Crippen molar-refractivity contribution >= 4 is 17.7 Å². The molecule has 0 saturated carbocycles. The highest BCUT2D eigenvalue weighted by Gasteiger charge is 2.03. The molecule has 0 unspecified atom stereocenters. The minimum atomic E-state index is -0.346. The number of hydrogen-bond acceptors (Lipinski definition) is 2. The number of para-hydroxylation sites is 1. The number of rotatable bonds is 4. The Hall–Kier alpha value is -2.62. The largest absolute Gasteiger partial charge is 0.496 e. The summed E-state index contributed by atoms with van der Waals surface area (Å²) >= 11 is 0. The third-order valence-corrected chi connectivity index (χ3v) is 2.99. The fraction of sp³-hybridized carbons (Fsp3) is 0.118. The lowest BCUT2D eigenvalue weighted by molar-refractivity contribution is -0.111. The van der Waals surface area contributed by atoms with Crippen LogP contribution in [0.2, 0.25) is 0 Å². The van der Waals surface area contributed by atoms with Crippen LogP contribution in [0.1, 0.15) is 11.1 Å². The molecule has 0 fully saturated rings. The van der Waals surface area contributed by atoms with Gasteiger partial charge in [-0.05, 0) is 36.8 Å². The van der Waals surface area contributed by atoms with E-state index in [2.05, 4.69) is 5.32 Å². The minimum Gasteiger partial charge on any atom is -0.496 e. The number of anilines is 1. The first-order chi connectivity index (χ1) is 10.1. The molecule has 0 aromatic heterocycles. The van der Waals surface area contributed by atoms with Gasteiger partial charge in [0.15, 0.2) is 0 Å². The Morgan fingerprint density at radius 3 is 2.71 bits per heavy atom. The monoisotopic (exact) mass is 285 g/mol. The normalized spacial score (nSPS) is 10.6. The Morgan fingerprint density at radius 2 is 2.00 bits per heavy atom. The van der Waals surface area contributed by atoms with E-state index in [1.807, 2.05) is 24.3 Å². The minimum absolute atomic E-state index is 0.329. The number of aryl methyl sites for hydroxylation is 1. The molecule has 0 aliphatic rings. The molecule has 0 atom stereocenters. The molecule has 21 heavy (non-hydrogen) atoms. The zero-order valence-electron chi connectivity index (χ0n) is 11.9. The number of benzene rings is 2. The maximum absolute atomic E-state index is 13.4. The first-order valence-electron chi connectivity index (χ1n) is 6.48. The summed E-state index contributed by atoms with van der Waals surface area (Å²) in [6, 6.07) is 11.9. The van der Waals surface area contributed by atoms with Crippen LogP contribution in [0.3, 0.4) is 0 Å². The second kappa shape index (κ2) is 6.70. The predicted molar refractivity (Wildman–Crippen MR) is 81.8 cm³/mol. The number of nitrogens with one attached hydrogen (secondary N) is 1. The number of carbonyl (C=O) groups is 1. The van der Waals surface area contributed by atoms with Crippen molar-refractivity contribution in [1.82, 2.24) is 0 Å². The summed E-state index contributed by atoms with van der Waals surface area (Å²) < 4.78 is 18.6. The van der Waals surface area contributed by atoms with Gasteiger partial charge in [0, 0.05) is 17.3 Å². The molecule has 0 saturated heterocycles. The summed E-state index contributed by atoms with van der Waals surface area (Å²) in [6.45, 7) is 1.67. The van der Waals surface area contributed by atoms with Gasteiger partial charge in [-0.15, -0.1) is 0 Å². The van der Waals surface area contributed by atoms with Crippen LogP contribution in [0.4, 0.5) is 10.1 Å². The summed E-state index contributed by atoms with van der Waals surface area (Å²) in [5, 5.41) is 2.61. The molecule has 108 valence electrons. The van der Waals surface area contributed by atoms with Crippen molar-refractivity contribution in [3.63, 3.8) is 0 Å². The third-order valence-electron chi connectivity index (χ3n) is 2.99. The average Bonchev–Trinajstić information content (AvgIpc) is 2.49. The molecule has 4 heteroatoms. The van der Waals surface area contributed by atoms with E-state index in [9.17, 15) is 9.18 Å². The number of hydrogen-bond donors (Lipinski definition) is 1. The summed E-state index contributed by atoms with van der Waals surface area (Å²) in [4.78, 5) is 11.8. The van der Waals surface area contributed by atoms with Crippen molar-refractivity contribution in [2.45, 2.75) is 6.92 Å². The Kier molecular flexibility index (Phi) is 4.72. The number of amides is 1. The van der Waals surface area contributed by atoms with Gasteiger partial charge < -0.3 is 10.1 Å². The molecule has 1 N–H and O–H groups in total. The van der Waals surface area contributed by atoms with Gasteiger partial charge in [0.05, 0.1) is 7.11 Å². The third kappa shape index (κ3) is 3.92. The van der Waals surface area contributed by atoms with E-state index in [1.165, 1.54) is 12.1 Å². The van der Waals surface area contributed by atoms with Gasteiger partial charge in [0.2, 0.25) is 5.91 Å². The van der Waals surface area contributed by atoms with Crippen LogP contribution in [0.5, 0.6) is 5.75 Å². The summed E-state index contributed by atoms with van der Waals surface area (Å²) in [5.74, 6) is 0.00796. The van der Waals surface area contributed by atoms with E-state index < -0.39 is 0 Å². The fourth-order valence-corrected chi connectivity index (χ4v) is 1.82. The van der Waals surface area contributed by atoms with Crippen molar-refractivity contribution < 1.29 is 13.9 Å². The SMILES string of the molecule is COc1ccccc1C=CC(=O)Nc1ccc(C)c(F)c1. The molecule has 0 radical (unpaired) electrons. The maximum Gasteiger partial charge on any atom is 0.248 e. The summed E-state index contributed by atoms with van der Waals surface area (Å²) in [7, 11) is 1.57. The molecule has 1 amide bonds. The lowest BCUT2D eigenvalue weighted by Gasteiger charge is -2.05. The highest BCUT2D eigenvalue weighted by atomic mass is 19.1. The van der Waals surface area contributed by atoms with Crippen LogP contribution in [-0.2, 0) is 4.79 Å². The quantitative estimate of drug-likeness (QED) is 0.868. The van der Waals surface area contributed by atoms with Gasteiger partial charge >= 0.3 is 0 Å². The second-order valence-electron chi connectivity index (χ2n) is 4.53. The highest BCUT2D eigenvalue weighted by Crippen LogP contribution is 2.19. The average molecular weight is 285 g/mol. The van der Waals surface area contributed by atoms with E-state index in [-0.39, 0.29) is 11.7 Å². The van der Waals surface area contributed by atoms with E-state index in [1.54, 1.807) is 32.2 Å². The zero-order chi connectivity index (χ0) is 15.2. The molecule has 2 rings (SSSR count). The Labute approximate surface area is 123 Å². The van der Waals surface area contributed by atoms with Crippen molar-refractivity contribution in [2.75, 3.05) is 12.4 Å². The van der Waals surface area contributed by atoms with E-state index in [4.69, 9.17) is 4.74 Å². The lowest BCUT2D eigenvalue weighted by atomic mass is 10.2. The molecule has 3 nitrogen and oxygen atoms in total. The smallest absolute Gasteiger partial charge is 0.248 e. The summed E-state index contributed by atoms with van der Waals surface area (Å²) in [6.07, 6.45) is 3.04. The Bertz CT molecular complexity index is 680. The van der Waals surface area contributed by atoms with E-state index in [0.29, 0.717) is 17.0 Å². The topological polar surface area (TPSA) is 38.3 Å². The van der Waals surface area contributed by atoms with Crippen LogP contribution in [0.25, 0.3) is 6.08 Å². The van der Waals surface area contributed by atoms with Gasteiger partial charge in [-0.1, -0.05) is 24.3 Å². The standard InChI is InChI=1S/C17H16FNO2/c1-12-7-9-14(11-15(12)18)19-17(20)10-8-13-5-3-4-6-16(13)21-2/h3-11H,1-2H3,(H,19,20). The van der Waals surface area contributed by atoms with Gasteiger partial charge in [-0.3, -0.25) is 4.79 Å². The molecular formula is C17H16FNO2. The van der Waals surface area contributed by atoms with Gasteiger partial charge in [0.1, 0.15) is 11.6 Å².